The van der Waals surface area contributed by atoms with Crippen molar-refractivity contribution in [2.24, 2.45) is 0 Å². The molecule has 1 N–H and O–H groups in total. The standard InChI is InChI=1S/C15H19BrFN3/c1-3-7-20-8-6-19-15(20)10-14(18-2)11-4-5-12(16)13(17)9-11/h4-6,8-9,14,18H,3,7,10H2,1-2H3. The maximum Gasteiger partial charge on any atom is 0.137 e. The fourth-order valence-corrected chi connectivity index (χ4v) is 2.52. The summed E-state index contributed by atoms with van der Waals surface area (Å²) in [6.07, 6.45) is 5.62. The van der Waals surface area contributed by atoms with Gasteiger partial charge in [0.2, 0.25) is 0 Å². The van der Waals surface area contributed by atoms with E-state index in [1.165, 1.54) is 0 Å². The number of nitrogens with one attached hydrogen (secondary N) is 1. The Bertz CT molecular complexity index is 568. The fraction of sp³-hybridized carbons (Fsp3) is 0.400. The predicted octanol–water partition coefficient (Wildman–Crippen LogP) is 3.70. The number of rotatable bonds is 6. The van der Waals surface area contributed by atoms with Crippen molar-refractivity contribution in [2.75, 3.05) is 7.05 Å². The lowest BCUT2D eigenvalue weighted by molar-refractivity contribution is 0.537. The van der Waals surface area contributed by atoms with E-state index in [0.717, 1.165) is 30.8 Å². The van der Waals surface area contributed by atoms with Gasteiger partial charge in [-0.25, -0.2) is 9.37 Å². The maximum atomic E-state index is 13.7. The van der Waals surface area contributed by atoms with Gasteiger partial charge in [-0.1, -0.05) is 13.0 Å². The van der Waals surface area contributed by atoms with Gasteiger partial charge in [-0.15, -0.1) is 0 Å². The molecule has 0 amide bonds. The van der Waals surface area contributed by atoms with E-state index in [2.05, 4.69) is 37.7 Å². The Kier molecular flexibility index (Phi) is 5.31. The van der Waals surface area contributed by atoms with Gasteiger partial charge in [0.05, 0.1) is 4.47 Å². The molecular weight excluding hydrogens is 321 g/mol. The molecule has 5 heteroatoms. The van der Waals surface area contributed by atoms with Crippen molar-refractivity contribution in [2.45, 2.75) is 32.4 Å². The molecule has 0 saturated carbocycles. The molecule has 3 nitrogen and oxygen atoms in total. The first kappa shape index (κ1) is 15.2. The van der Waals surface area contributed by atoms with Gasteiger partial charge in [-0.2, -0.15) is 0 Å². The highest BCUT2D eigenvalue weighted by molar-refractivity contribution is 9.10. The summed E-state index contributed by atoms with van der Waals surface area (Å²) in [6.45, 7) is 3.10. The average Bonchev–Trinajstić information content (AvgIpc) is 2.87. The van der Waals surface area contributed by atoms with Gasteiger partial charge in [0.15, 0.2) is 0 Å². The Morgan fingerprint density at radius 1 is 1.45 bits per heavy atom. The van der Waals surface area contributed by atoms with Gasteiger partial charge in [0, 0.05) is 31.4 Å². The quantitative estimate of drug-likeness (QED) is 0.869. The van der Waals surface area contributed by atoms with Crippen LogP contribution in [0.1, 0.15) is 30.8 Å². The van der Waals surface area contributed by atoms with Crippen molar-refractivity contribution in [3.8, 4) is 0 Å². The fourth-order valence-electron chi connectivity index (χ4n) is 2.27. The van der Waals surface area contributed by atoms with Crippen molar-refractivity contribution in [1.29, 1.82) is 0 Å². The molecule has 1 aromatic carbocycles. The molecule has 0 aliphatic carbocycles. The summed E-state index contributed by atoms with van der Waals surface area (Å²) in [5.74, 6) is 0.786. The second-order valence-electron chi connectivity index (χ2n) is 4.76. The second-order valence-corrected chi connectivity index (χ2v) is 5.61. The third-order valence-corrected chi connectivity index (χ3v) is 3.99. The molecule has 1 heterocycles. The van der Waals surface area contributed by atoms with Crippen LogP contribution in [0.4, 0.5) is 4.39 Å². The topological polar surface area (TPSA) is 29.9 Å². The lowest BCUT2D eigenvalue weighted by Crippen LogP contribution is -2.21. The van der Waals surface area contributed by atoms with E-state index in [9.17, 15) is 4.39 Å². The Labute approximate surface area is 127 Å². The van der Waals surface area contributed by atoms with Crippen LogP contribution in [0, 0.1) is 5.82 Å². The maximum absolute atomic E-state index is 13.7. The van der Waals surface area contributed by atoms with Crippen LogP contribution in [0.5, 0.6) is 0 Å². The van der Waals surface area contributed by atoms with Crippen LogP contribution >= 0.6 is 15.9 Å². The van der Waals surface area contributed by atoms with Crippen molar-refractivity contribution in [1.82, 2.24) is 14.9 Å². The highest BCUT2D eigenvalue weighted by Crippen LogP contribution is 2.23. The van der Waals surface area contributed by atoms with E-state index in [1.807, 2.05) is 25.5 Å². The molecule has 20 heavy (non-hydrogen) atoms. The zero-order valence-electron chi connectivity index (χ0n) is 11.7. The van der Waals surface area contributed by atoms with Crippen LogP contribution in [-0.4, -0.2) is 16.6 Å². The molecule has 0 saturated heterocycles. The van der Waals surface area contributed by atoms with Gasteiger partial charge < -0.3 is 9.88 Å². The van der Waals surface area contributed by atoms with Crippen molar-refractivity contribution < 1.29 is 4.39 Å². The van der Waals surface area contributed by atoms with Crippen LogP contribution < -0.4 is 5.32 Å². The monoisotopic (exact) mass is 339 g/mol. The molecule has 1 aromatic heterocycles. The first-order valence-corrected chi connectivity index (χ1v) is 7.57. The van der Waals surface area contributed by atoms with E-state index >= 15 is 0 Å². The second kappa shape index (κ2) is 6.99. The van der Waals surface area contributed by atoms with E-state index in [1.54, 1.807) is 12.1 Å². The molecule has 0 radical (unpaired) electrons. The van der Waals surface area contributed by atoms with Crippen LogP contribution in [0.25, 0.3) is 0 Å². The van der Waals surface area contributed by atoms with Crippen molar-refractivity contribution in [3.05, 3.63) is 52.3 Å². The number of imidazole rings is 1. The lowest BCUT2D eigenvalue weighted by Gasteiger charge is -2.17. The lowest BCUT2D eigenvalue weighted by atomic mass is 10.0. The minimum Gasteiger partial charge on any atom is -0.335 e. The summed E-state index contributed by atoms with van der Waals surface area (Å²) in [5, 5.41) is 3.24. The number of aryl methyl sites for hydroxylation is 1. The zero-order chi connectivity index (χ0) is 14.5. The van der Waals surface area contributed by atoms with Crippen molar-refractivity contribution >= 4 is 15.9 Å². The first-order valence-electron chi connectivity index (χ1n) is 6.78. The number of nitrogens with zero attached hydrogens (tertiary/aromatic N) is 2. The Morgan fingerprint density at radius 3 is 2.90 bits per heavy atom. The number of hydrogen-bond acceptors (Lipinski definition) is 2. The molecule has 0 aliphatic rings. The third-order valence-electron chi connectivity index (χ3n) is 3.35. The van der Waals surface area contributed by atoms with E-state index in [0.29, 0.717) is 4.47 Å². The summed E-state index contributed by atoms with van der Waals surface area (Å²) in [6, 6.07) is 5.29. The SMILES string of the molecule is CCCn1ccnc1CC(NC)c1ccc(Br)c(F)c1. The van der Waals surface area contributed by atoms with E-state index < -0.39 is 0 Å². The number of benzene rings is 1. The smallest absolute Gasteiger partial charge is 0.137 e. The van der Waals surface area contributed by atoms with Crippen LogP contribution in [0.3, 0.4) is 0 Å². The van der Waals surface area contributed by atoms with Gasteiger partial charge in [-0.05, 0) is 47.1 Å². The van der Waals surface area contributed by atoms with Gasteiger partial charge in [0.1, 0.15) is 11.6 Å². The Hall–Kier alpha value is -1.20. The summed E-state index contributed by atoms with van der Waals surface area (Å²) >= 11 is 3.18. The molecule has 0 aliphatic heterocycles. The molecule has 1 unspecified atom stereocenters. The largest absolute Gasteiger partial charge is 0.335 e. The van der Waals surface area contributed by atoms with Crippen LogP contribution in [0.2, 0.25) is 0 Å². The van der Waals surface area contributed by atoms with Crippen LogP contribution in [0.15, 0.2) is 35.1 Å². The summed E-state index contributed by atoms with van der Waals surface area (Å²) in [4.78, 5) is 4.41. The molecule has 2 aromatic rings. The molecule has 2 rings (SSSR count). The van der Waals surface area contributed by atoms with Crippen molar-refractivity contribution in [3.63, 3.8) is 0 Å². The van der Waals surface area contributed by atoms with Gasteiger partial charge >= 0.3 is 0 Å². The summed E-state index contributed by atoms with van der Waals surface area (Å²) in [5.41, 5.74) is 0.930. The molecule has 0 bridgehead atoms. The third kappa shape index (κ3) is 3.46. The molecule has 0 spiro atoms. The highest BCUT2D eigenvalue weighted by atomic mass is 79.9. The normalized spacial score (nSPS) is 12.6. The highest BCUT2D eigenvalue weighted by Gasteiger charge is 2.15. The first-order chi connectivity index (χ1) is 9.65. The Morgan fingerprint density at radius 2 is 2.25 bits per heavy atom. The number of aromatic nitrogens is 2. The van der Waals surface area contributed by atoms with Crippen LogP contribution in [-0.2, 0) is 13.0 Å². The molecule has 1 atom stereocenters. The Balaban J connectivity index is 2.19. The van der Waals surface area contributed by atoms with Gasteiger partial charge in [-0.3, -0.25) is 0 Å². The molecular formula is C15H19BrFN3. The molecule has 108 valence electrons. The zero-order valence-corrected chi connectivity index (χ0v) is 13.3. The van der Waals surface area contributed by atoms with E-state index in [-0.39, 0.29) is 11.9 Å². The average molecular weight is 340 g/mol. The summed E-state index contributed by atoms with van der Waals surface area (Å²) < 4.78 is 16.3. The van der Waals surface area contributed by atoms with E-state index in [4.69, 9.17) is 0 Å². The van der Waals surface area contributed by atoms with Gasteiger partial charge in [0.25, 0.3) is 0 Å². The summed E-state index contributed by atoms with van der Waals surface area (Å²) in [7, 11) is 1.89. The number of halogens is 2. The predicted molar refractivity (Wildman–Crippen MR) is 82.1 cm³/mol. The number of hydrogen-bond donors (Lipinski definition) is 1. The minimum absolute atomic E-state index is 0.0515. The molecule has 0 fully saturated rings. The number of likely N-dealkylation sites (N-methyl/N-ethyl adjacent to an activating group) is 1. The minimum atomic E-state index is -0.236.